The summed E-state index contributed by atoms with van der Waals surface area (Å²) >= 11 is 3.88. The second-order valence-corrected chi connectivity index (χ2v) is 16.7. The van der Waals surface area contributed by atoms with Gasteiger partial charge in [0.1, 0.15) is 11.9 Å². The third-order valence-electron chi connectivity index (χ3n) is 13.2. The fourth-order valence-corrected chi connectivity index (χ4v) is 11.1. The van der Waals surface area contributed by atoms with Crippen molar-refractivity contribution in [3.05, 3.63) is 41.7 Å². The number of hydrogen-bond acceptors (Lipinski definition) is 5. The quantitative estimate of drug-likeness (QED) is 0.150. The first kappa shape index (κ1) is 33.3. The molecule has 10 atom stereocenters. The van der Waals surface area contributed by atoms with Crippen molar-refractivity contribution in [1.82, 2.24) is 0 Å². The zero-order valence-electron chi connectivity index (χ0n) is 27.4. The minimum atomic E-state index is -0.983. The number of hydrogen-bond donors (Lipinski definition) is 2. The van der Waals surface area contributed by atoms with Crippen LogP contribution >= 0.6 is 15.9 Å². The predicted molar refractivity (Wildman–Crippen MR) is 171 cm³/mol. The molecule has 0 saturated heterocycles. The van der Waals surface area contributed by atoms with Crippen molar-refractivity contribution in [2.75, 3.05) is 0 Å². The molecule has 0 amide bonds. The lowest BCUT2D eigenvalue weighted by molar-refractivity contribution is -0.757. The van der Waals surface area contributed by atoms with E-state index in [-0.39, 0.29) is 50.3 Å². The lowest BCUT2D eigenvalue weighted by Gasteiger charge is -2.68. The van der Waals surface area contributed by atoms with Gasteiger partial charge < -0.3 is 14.9 Å². The molecule has 5 unspecified atom stereocenters. The van der Waals surface area contributed by atoms with Gasteiger partial charge >= 0.3 is 11.9 Å². The molecule has 1 aromatic rings. The van der Waals surface area contributed by atoms with Crippen LogP contribution in [0.3, 0.4) is 0 Å². The molecular formula is C36H51BrNO6+. The summed E-state index contributed by atoms with van der Waals surface area (Å²) in [5, 5.41) is 22.8. The lowest BCUT2D eigenvalue weighted by Crippen LogP contribution is -2.65. The number of fused-ring (bicyclic) bond motifs is 5. The summed E-state index contributed by atoms with van der Waals surface area (Å²) in [5.74, 6) is -1.10. The van der Waals surface area contributed by atoms with Crippen molar-refractivity contribution in [3.63, 3.8) is 0 Å². The number of aromatic nitrogens is 1. The molecule has 0 bridgehead atoms. The molecule has 0 radical (unpaired) electrons. The average molecular weight is 674 g/mol. The van der Waals surface area contributed by atoms with Crippen LogP contribution in [0.4, 0.5) is 0 Å². The number of carboxylic acid groups (broad SMARTS) is 1. The van der Waals surface area contributed by atoms with Gasteiger partial charge in [-0.1, -0.05) is 49.7 Å². The van der Waals surface area contributed by atoms with E-state index in [4.69, 9.17) is 4.74 Å². The van der Waals surface area contributed by atoms with E-state index in [9.17, 15) is 24.6 Å². The molecule has 5 rings (SSSR count). The summed E-state index contributed by atoms with van der Waals surface area (Å²) < 4.78 is 8.10. The number of carbonyl (C=O) groups is 3. The second kappa shape index (κ2) is 11.6. The average Bonchev–Trinajstić information content (AvgIpc) is 3.22. The lowest BCUT2D eigenvalue weighted by atomic mass is 9.36. The number of esters is 1. The number of Topliss-reactive ketones (excluding diaryl/α,β-unsaturated/α-hetero) is 1. The highest BCUT2D eigenvalue weighted by Gasteiger charge is 2.71. The van der Waals surface area contributed by atoms with Crippen LogP contribution in [0, 0.1) is 39.9 Å². The van der Waals surface area contributed by atoms with Crippen LogP contribution in [0.1, 0.15) is 99.8 Å². The summed E-state index contributed by atoms with van der Waals surface area (Å²) in [4.78, 5) is 38.3. The topological polar surface area (TPSA) is 105 Å². The van der Waals surface area contributed by atoms with Gasteiger partial charge in [0.15, 0.2) is 17.9 Å². The molecule has 4 fully saturated rings. The summed E-state index contributed by atoms with van der Waals surface area (Å²) in [6.07, 6.45) is 7.72. The van der Waals surface area contributed by atoms with Crippen LogP contribution in [0.15, 0.2) is 41.7 Å². The van der Waals surface area contributed by atoms with Crippen LogP contribution in [-0.4, -0.2) is 45.0 Å². The van der Waals surface area contributed by atoms with E-state index < -0.39 is 24.1 Å². The molecule has 8 heteroatoms. The summed E-state index contributed by atoms with van der Waals surface area (Å²) in [6.45, 7) is 14.5. The van der Waals surface area contributed by atoms with Crippen LogP contribution in [0.5, 0.6) is 0 Å². The molecule has 0 aromatic carbocycles. The molecule has 4 aliphatic carbocycles. The van der Waals surface area contributed by atoms with Gasteiger partial charge in [0.2, 0.25) is 0 Å². The first-order valence-electron chi connectivity index (χ1n) is 16.4. The number of aliphatic hydroxyl groups is 1. The standard InChI is InChI=1S/C36H50BrNO6/c1-21-24-13-16-35(6)31(34(24,5)15-14-26(21)40)27(41)19-25-30(28(44-22(2)39)20-36(25,35)7)23(32(42)43)11-12-29(37)33(3,4)38-17-9-8-10-18-38/h8-10,17-18,21,24-25,27-29,31,41H,11-16,19-20H2,1-7H3/p+1/b30-23-/t21-,24?,25?,27?,28-,29?,31?,34-,35-,36-/m0/s1. The van der Waals surface area contributed by atoms with Gasteiger partial charge in [0, 0.05) is 50.8 Å². The van der Waals surface area contributed by atoms with Crippen molar-refractivity contribution in [1.29, 1.82) is 0 Å². The van der Waals surface area contributed by atoms with Gasteiger partial charge in [-0.3, -0.25) is 9.59 Å². The number of aliphatic hydroxyl groups excluding tert-OH is 1. The number of aliphatic carboxylic acids is 1. The number of carboxylic acids is 1. The van der Waals surface area contributed by atoms with Gasteiger partial charge in [0.05, 0.1) is 10.9 Å². The van der Waals surface area contributed by atoms with E-state index in [0.717, 1.165) is 19.3 Å². The third kappa shape index (κ3) is 5.10. The SMILES string of the molecule is CC(=O)O[C@H]1C[C@@]2(C)C(CC(O)C3[C@@]4(C)CCC(=O)[C@@H](C)C4CC[C@@]32C)/C1=C(\CCC(Br)C(C)(C)[n+]1ccccc1)C(=O)O. The summed E-state index contributed by atoms with van der Waals surface area (Å²) in [7, 11) is 0. The smallest absolute Gasteiger partial charge is 0.331 e. The van der Waals surface area contributed by atoms with E-state index in [1.165, 1.54) is 6.92 Å². The molecule has 2 N–H and O–H groups in total. The predicted octanol–water partition coefficient (Wildman–Crippen LogP) is 6.39. The Morgan fingerprint density at radius 2 is 1.80 bits per heavy atom. The van der Waals surface area contributed by atoms with E-state index in [0.29, 0.717) is 49.0 Å². The Hall–Kier alpha value is -2.06. The summed E-state index contributed by atoms with van der Waals surface area (Å²) in [5.41, 5.74) is -0.180. The molecule has 4 aliphatic rings. The number of rotatable bonds is 7. The highest BCUT2D eigenvalue weighted by molar-refractivity contribution is 9.09. The molecule has 1 aromatic heterocycles. The second-order valence-electron chi connectivity index (χ2n) is 15.6. The minimum Gasteiger partial charge on any atom is -0.478 e. The monoisotopic (exact) mass is 672 g/mol. The number of nitrogens with zero attached hydrogens (tertiary/aromatic N) is 1. The Morgan fingerprint density at radius 3 is 2.41 bits per heavy atom. The van der Waals surface area contributed by atoms with E-state index in [2.05, 4.69) is 62.0 Å². The third-order valence-corrected chi connectivity index (χ3v) is 14.8. The molecule has 44 heavy (non-hydrogen) atoms. The van der Waals surface area contributed by atoms with Crippen molar-refractivity contribution < 1.29 is 33.9 Å². The zero-order chi connectivity index (χ0) is 32.4. The Balaban J connectivity index is 1.54. The number of ketones is 1. The van der Waals surface area contributed by atoms with Crippen LogP contribution < -0.4 is 4.57 Å². The number of alkyl halides is 1. The number of pyridine rings is 1. The van der Waals surface area contributed by atoms with E-state index in [1.807, 2.05) is 30.6 Å². The molecule has 242 valence electrons. The Bertz CT molecular complexity index is 1340. The van der Waals surface area contributed by atoms with Crippen molar-refractivity contribution in [2.45, 2.75) is 122 Å². The Labute approximate surface area is 271 Å². The van der Waals surface area contributed by atoms with Crippen molar-refractivity contribution in [2.24, 2.45) is 39.9 Å². The van der Waals surface area contributed by atoms with Gasteiger partial charge in [-0.15, -0.1) is 0 Å². The van der Waals surface area contributed by atoms with Crippen molar-refractivity contribution >= 4 is 33.7 Å². The molecular weight excluding hydrogens is 622 g/mol. The maximum absolute atomic E-state index is 13.1. The molecule has 0 spiro atoms. The summed E-state index contributed by atoms with van der Waals surface area (Å²) in [6, 6.07) is 5.94. The van der Waals surface area contributed by atoms with E-state index >= 15 is 0 Å². The van der Waals surface area contributed by atoms with Crippen LogP contribution in [0.25, 0.3) is 0 Å². The zero-order valence-corrected chi connectivity index (χ0v) is 29.0. The fraction of sp³-hybridized carbons (Fsp3) is 0.722. The van der Waals surface area contributed by atoms with Gasteiger partial charge in [0.25, 0.3) is 0 Å². The number of carbonyl (C=O) groups excluding carboxylic acids is 2. The van der Waals surface area contributed by atoms with Crippen LogP contribution in [0.2, 0.25) is 0 Å². The molecule has 4 saturated carbocycles. The van der Waals surface area contributed by atoms with Gasteiger partial charge in [-0.05, 0) is 84.5 Å². The maximum Gasteiger partial charge on any atom is 0.331 e. The molecule has 1 heterocycles. The van der Waals surface area contributed by atoms with Gasteiger partial charge in [-0.25, -0.2) is 4.79 Å². The number of halogens is 1. The first-order valence-corrected chi connectivity index (χ1v) is 17.4. The maximum atomic E-state index is 13.1. The number of ether oxygens (including phenoxy) is 1. The first-order chi connectivity index (χ1) is 20.5. The largest absolute Gasteiger partial charge is 0.478 e. The van der Waals surface area contributed by atoms with Gasteiger partial charge in [-0.2, -0.15) is 4.57 Å². The van der Waals surface area contributed by atoms with Crippen molar-refractivity contribution in [3.8, 4) is 0 Å². The normalized spacial score (nSPS) is 40.3. The van der Waals surface area contributed by atoms with Crippen LogP contribution in [-0.2, 0) is 24.7 Å². The molecule has 0 aliphatic heterocycles. The Kier molecular flexibility index (Phi) is 8.80. The van der Waals surface area contributed by atoms with E-state index in [1.54, 1.807) is 0 Å². The Morgan fingerprint density at radius 1 is 1.14 bits per heavy atom. The highest BCUT2D eigenvalue weighted by atomic mass is 79.9. The minimum absolute atomic E-state index is 0.0158. The molecule has 7 nitrogen and oxygen atoms in total. The fourth-order valence-electron chi connectivity index (χ4n) is 10.7. The highest BCUT2D eigenvalue weighted by Crippen LogP contribution is 2.74.